The van der Waals surface area contributed by atoms with Gasteiger partial charge >= 0.3 is 0 Å². The van der Waals surface area contributed by atoms with Crippen molar-refractivity contribution in [3.63, 3.8) is 0 Å². The predicted molar refractivity (Wildman–Crippen MR) is 98.0 cm³/mol. The highest BCUT2D eigenvalue weighted by atomic mass is 16.5. The molecule has 0 spiro atoms. The van der Waals surface area contributed by atoms with Crippen molar-refractivity contribution in [3.8, 4) is 17.2 Å². The number of nitrogens with zero attached hydrogens (tertiary/aromatic N) is 2. The highest BCUT2D eigenvalue weighted by Crippen LogP contribution is 2.19. The second kappa shape index (κ2) is 8.05. The number of nitrogens with one attached hydrogen (secondary N) is 2. The third-order valence-electron chi connectivity index (χ3n) is 3.78. The van der Waals surface area contributed by atoms with Gasteiger partial charge in [-0.15, -0.1) is 0 Å². The lowest BCUT2D eigenvalue weighted by atomic mass is 10.2. The SMILES string of the molecule is COc1ccc(C(=O)NNC(=O)c2nn(-c3ccccc3)cc2OC)cc1. The van der Waals surface area contributed by atoms with Gasteiger partial charge in [-0.25, -0.2) is 4.68 Å². The summed E-state index contributed by atoms with van der Waals surface area (Å²) < 4.78 is 11.8. The molecule has 1 heterocycles. The van der Waals surface area contributed by atoms with Gasteiger partial charge in [0.15, 0.2) is 11.4 Å². The Kier molecular flexibility index (Phi) is 5.36. The van der Waals surface area contributed by atoms with Gasteiger partial charge in [0.25, 0.3) is 11.8 Å². The zero-order valence-electron chi connectivity index (χ0n) is 14.8. The number of benzene rings is 2. The molecule has 3 rings (SSSR count). The van der Waals surface area contributed by atoms with Crippen LogP contribution in [0.2, 0.25) is 0 Å². The molecular weight excluding hydrogens is 348 g/mol. The van der Waals surface area contributed by atoms with E-state index < -0.39 is 11.8 Å². The van der Waals surface area contributed by atoms with Crippen LogP contribution in [0.15, 0.2) is 60.8 Å². The van der Waals surface area contributed by atoms with E-state index in [0.29, 0.717) is 11.3 Å². The van der Waals surface area contributed by atoms with E-state index in [1.807, 2.05) is 30.3 Å². The van der Waals surface area contributed by atoms with Crippen LogP contribution in [0.25, 0.3) is 5.69 Å². The number of carbonyl (C=O) groups is 2. The van der Waals surface area contributed by atoms with E-state index in [0.717, 1.165) is 5.69 Å². The lowest BCUT2D eigenvalue weighted by Gasteiger charge is -2.07. The van der Waals surface area contributed by atoms with Crippen molar-refractivity contribution in [1.29, 1.82) is 0 Å². The molecule has 138 valence electrons. The van der Waals surface area contributed by atoms with E-state index in [2.05, 4.69) is 16.0 Å². The summed E-state index contributed by atoms with van der Waals surface area (Å²) in [5, 5.41) is 4.24. The first-order chi connectivity index (χ1) is 13.1. The highest BCUT2D eigenvalue weighted by molar-refractivity contribution is 5.99. The molecule has 8 nitrogen and oxygen atoms in total. The number of rotatable bonds is 5. The van der Waals surface area contributed by atoms with E-state index in [1.54, 1.807) is 30.5 Å². The first-order valence-electron chi connectivity index (χ1n) is 8.06. The zero-order chi connectivity index (χ0) is 19.2. The minimum atomic E-state index is -0.594. The van der Waals surface area contributed by atoms with Crippen LogP contribution in [0.5, 0.6) is 11.5 Å². The Morgan fingerprint density at radius 2 is 1.56 bits per heavy atom. The lowest BCUT2D eigenvalue weighted by Crippen LogP contribution is -2.41. The van der Waals surface area contributed by atoms with Crippen molar-refractivity contribution in [2.24, 2.45) is 0 Å². The maximum atomic E-state index is 12.4. The molecule has 0 aliphatic carbocycles. The summed E-state index contributed by atoms with van der Waals surface area (Å²) in [7, 11) is 2.98. The minimum Gasteiger partial charge on any atom is -0.497 e. The summed E-state index contributed by atoms with van der Waals surface area (Å²) >= 11 is 0. The Morgan fingerprint density at radius 1 is 0.889 bits per heavy atom. The molecule has 0 unspecified atom stereocenters. The predicted octanol–water partition coefficient (Wildman–Crippen LogP) is 1.96. The van der Waals surface area contributed by atoms with E-state index >= 15 is 0 Å². The van der Waals surface area contributed by atoms with Gasteiger partial charge in [0, 0.05) is 5.56 Å². The molecule has 0 bridgehead atoms. The lowest BCUT2D eigenvalue weighted by molar-refractivity contribution is 0.0842. The smallest absolute Gasteiger partial charge is 0.294 e. The van der Waals surface area contributed by atoms with Crippen LogP contribution in [0.3, 0.4) is 0 Å². The van der Waals surface area contributed by atoms with E-state index in [4.69, 9.17) is 9.47 Å². The fourth-order valence-electron chi connectivity index (χ4n) is 2.37. The van der Waals surface area contributed by atoms with Gasteiger partial charge in [-0.1, -0.05) is 18.2 Å². The molecule has 2 amide bonds. The number of amides is 2. The topological polar surface area (TPSA) is 94.5 Å². The van der Waals surface area contributed by atoms with E-state index in [-0.39, 0.29) is 11.4 Å². The van der Waals surface area contributed by atoms with Crippen LogP contribution in [-0.2, 0) is 0 Å². The third kappa shape index (κ3) is 4.06. The Morgan fingerprint density at radius 3 is 2.19 bits per heavy atom. The summed E-state index contributed by atoms with van der Waals surface area (Å²) in [6, 6.07) is 15.8. The van der Waals surface area contributed by atoms with Crippen LogP contribution in [0.4, 0.5) is 0 Å². The fourth-order valence-corrected chi connectivity index (χ4v) is 2.37. The Labute approximate surface area is 155 Å². The minimum absolute atomic E-state index is 0.0522. The highest BCUT2D eigenvalue weighted by Gasteiger charge is 2.19. The van der Waals surface area contributed by atoms with Crippen LogP contribution < -0.4 is 20.3 Å². The molecule has 2 N–H and O–H groups in total. The van der Waals surface area contributed by atoms with Crippen molar-refractivity contribution in [2.75, 3.05) is 14.2 Å². The number of ether oxygens (including phenoxy) is 2. The number of carbonyl (C=O) groups excluding carboxylic acids is 2. The fraction of sp³-hybridized carbons (Fsp3) is 0.105. The largest absolute Gasteiger partial charge is 0.497 e. The van der Waals surface area contributed by atoms with Gasteiger partial charge in [-0.05, 0) is 36.4 Å². The average Bonchev–Trinajstić information content (AvgIpc) is 3.17. The molecule has 1 aromatic heterocycles. The molecule has 0 radical (unpaired) electrons. The Hall–Kier alpha value is -3.81. The van der Waals surface area contributed by atoms with Crippen LogP contribution in [-0.4, -0.2) is 35.8 Å². The number of aromatic nitrogens is 2. The number of hydrogen-bond acceptors (Lipinski definition) is 5. The Balaban J connectivity index is 1.70. The molecule has 0 atom stereocenters. The quantitative estimate of drug-likeness (QED) is 0.673. The standard InChI is InChI=1S/C19H18N4O4/c1-26-15-10-8-13(9-11-15)18(24)20-21-19(25)17-16(27-2)12-23(22-17)14-6-4-3-5-7-14/h3-12H,1-2H3,(H,20,24)(H,21,25). The average molecular weight is 366 g/mol. The molecule has 0 aliphatic rings. The second-order valence-electron chi connectivity index (χ2n) is 5.46. The summed E-state index contributed by atoms with van der Waals surface area (Å²) in [4.78, 5) is 24.5. The van der Waals surface area contributed by atoms with Gasteiger partial charge in [0.05, 0.1) is 26.1 Å². The number of hydrogen-bond donors (Lipinski definition) is 2. The maximum Gasteiger partial charge on any atom is 0.294 e. The van der Waals surface area contributed by atoms with Crippen molar-refractivity contribution in [2.45, 2.75) is 0 Å². The normalized spacial score (nSPS) is 10.1. The number of para-hydroxylation sites is 1. The zero-order valence-corrected chi connectivity index (χ0v) is 14.8. The van der Waals surface area contributed by atoms with E-state index in [9.17, 15) is 9.59 Å². The van der Waals surface area contributed by atoms with Crippen LogP contribution in [0, 0.1) is 0 Å². The van der Waals surface area contributed by atoms with Crippen molar-refractivity contribution < 1.29 is 19.1 Å². The monoisotopic (exact) mass is 366 g/mol. The first-order valence-corrected chi connectivity index (χ1v) is 8.06. The van der Waals surface area contributed by atoms with Crippen molar-refractivity contribution in [1.82, 2.24) is 20.6 Å². The first kappa shape index (κ1) is 18.0. The second-order valence-corrected chi connectivity index (χ2v) is 5.46. The van der Waals surface area contributed by atoms with Crippen molar-refractivity contribution >= 4 is 11.8 Å². The molecule has 8 heteroatoms. The number of methoxy groups -OCH3 is 2. The molecule has 0 saturated carbocycles. The number of hydrazine groups is 1. The molecule has 0 saturated heterocycles. The summed E-state index contributed by atoms with van der Waals surface area (Å²) in [6.07, 6.45) is 1.59. The Bertz CT molecular complexity index is 936. The van der Waals surface area contributed by atoms with Crippen LogP contribution in [0.1, 0.15) is 20.8 Å². The molecule has 27 heavy (non-hydrogen) atoms. The molecule has 2 aromatic carbocycles. The van der Waals surface area contributed by atoms with Crippen LogP contribution >= 0.6 is 0 Å². The molecule has 0 fully saturated rings. The summed E-state index contributed by atoms with van der Waals surface area (Å²) in [6.45, 7) is 0. The molecule has 3 aromatic rings. The summed E-state index contributed by atoms with van der Waals surface area (Å²) in [5.41, 5.74) is 5.89. The van der Waals surface area contributed by atoms with Crippen molar-refractivity contribution in [3.05, 3.63) is 72.1 Å². The van der Waals surface area contributed by atoms with Gasteiger partial charge in [-0.2, -0.15) is 5.10 Å². The molecular formula is C19H18N4O4. The maximum absolute atomic E-state index is 12.4. The summed E-state index contributed by atoms with van der Waals surface area (Å²) in [5.74, 6) is -0.141. The van der Waals surface area contributed by atoms with E-state index in [1.165, 1.54) is 18.9 Å². The van der Waals surface area contributed by atoms with Gasteiger partial charge < -0.3 is 9.47 Å². The van der Waals surface area contributed by atoms with Gasteiger partial charge in [0.2, 0.25) is 0 Å². The molecule has 0 aliphatic heterocycles. The van der Waals surface area contributed by atoms with Gasteiger partial charge in [0.1, 0.15) is 5.75 Å². The third-order valence-corrected chi connectivity index (χ3v) is 3.78. The van der Waals surface area contributed by atoms with Gasteiger partial charge in [-0.3, -0.25) is 20.4 Å².